The molecular formula is C6H10N2S2. The van der Waals surface area contributed by atoms with Crippen molar-refractivity contribution in [2.24, 2.45) is 0 Å². The molecule has 0 spiro atoms. The van der Waals surface area contributed by atoms with E-state index < -0.39 is 0 Å². The molecule has 1 aromatic heterocycles. The Morgan fingerprint density at radius 2 is 2.50 bits per heavy atom. The van der Waals surface area contributed by atoms with Gasteiger partial charge in [0.25, 0.3) is 0 Å². The Balaban J connectivity index is 2.78. The van der Waals surface area contributed by atoms with Crippen LogP contribution >= 0.6 is 24.4 Å². The van der Waals surface area contributed by atoms with Gasteiger partial charge in [0, 0.05) is 6.20 Å². The number of thiol groups is 1. The summed E-state index contributed by atoms with van der Waals surface area (Å²) in [5.41, 5.74) is 0. The van der Waals surface area contributed by atoms with E-state index in [0.717, 1.165) is 5.03 Å². The van der Waals surface area contributed by atoms with Gasteiger partial charge in [0.05, 0.1) is 5.37 Å². The number of nitrogens with zero attached hydrogens (tertiary/aromatic N) is 2. The number of hydrogen-bond acceptors (Lipinski definition) is 3. The molecule has 0 N–H and O–H groups in total. The molecule has 1 atom stereocenters. The third kappa shape index (κ3) is 1.70. The molecule has 0 aliphatic rings. The van der Waals surface area contributed by atoms with E-state index in [-0.39, 0.29) is 5.37 Å². The molecule has 10 heavy (non-hydrogen) atoms. The van der Waals surface area contributed by atoms with Gasteiger partial charge in [-0.15, -0.1) is 11.8 Å². The molecule has 1 aromatic rings. The van der Waals surface area contributed by atoms with E-state index in [1.165, 1.54) is 0 Å². The maximum atomic E-state index is 4.23. The van der Waals surface area contributed by atoms with Crippen molar-refractivity contribution in [3.8, 4) is 0 Å². The predicted molar refractivity (Wildman–Crippen MR) is 47.7 cm³/mol. The van der Waals surface area contributed by atoms with Crippen molar-refractivity contribution in [1.29, 1.82) is 0 Å². The van der Waals surface area contributed by atoms with Crippen LogP contribution in [0, 0.1) is 0 Å². The van der Waals surface area contributed by atoms with Gasteiger partial charge in [-0.05, 0) is 19.2 Å². The molecule has 1 rings (SSSR count). The first-order valence-corrected chi connectivity index (χ1v) is 4.75. The van der Waals surface area contributed by atoms with Gasteiger partial charge in [-0.3, -0.25) is 4.68 Å². The van der Waals surface area contributed by atoms with Gasteiger partial charge < -0.3 is 0 Å². The first kappa shape index (κ1) is 8.01. The van der Waals surface area contributed by atoms with E-state index in [0.29, 0.717) is 0 Å². The molecule has 1 unspecified atom stereocenters. The number of thioether (sulfide) groups is 1. The van der Waals surface area contributed by atoms with E-state index in [4.69, 9.17) is 0 Å². The van der Waals surface area contributed by atoms with Crippen LogP contribution in [-0.2, 0) is 0 Å². The lowest BCUT2D eigenvalue weighted by molar-refractivity contribution is 0.629. The molecule has 2 nitrogen and oxygen atoms in total. The van der Waals surface area contributed by atoms with Crippen molar-refractivity contribution < 1.29 is 0 Å². The van der Waals surface area contributed by atoms with Crippen LogP contribution in [-0.4, -0.2) is 16.0 Å². The number of rotatable bonds is 2. The Morgan fingerprint density at radius 3 is 2.80 bits per heavy atom. The quantitative estimate of drug-likeness (QED) is 0.546. The highest BCUT2D eigenvalue weighted by molar-refractivity contribution is 7.98. The minimum absolute atomic E-state index is 0.167. The van der Waals surface area contributed by atoms with Crippen LogP contribution in [0.15, 0.2) is 17.3 Å². The van der Waals surface area contributed by atoms with Crippen molar-refractivity contribution in [3.63, 3.8) is 0 Å². The summed E-state index contributed by atoms with van der Waals surface area (Å²) in [6.07, 6.45) is 3.94. The first-order valence-electron chi connectivity index (χ1n) is 3.01. The summed E-state index contributed by atoms with van der Waals surface area (Å²) in [6, 6.07) is 1.98. The Morgan fingerprint density at radius 1 is 1.80 bits per heavy atom. The maximum absolute atomic E-state index is 4.23. The average Bonchev–Trinajstić information content (AvgIpc) is 2.34. The molecule has 4 heteroatoms. The SMILES string of the molecule is CSc1ccn(C(C)S)n1. The summed E-state index contributed by atoms with van der Waals surface area (Å²) in [6.45, 7) is 1.99. The third-order valence-corrected chi connectivity index (χ3v) is 2.05. The van der Waals surface area contributed by atoms with Gasteiger partial charge in [-0.25, -0.2) is 0 Å². The second-order valence-electron chi connectivity index (χ2n) is 1.97. The van der Waals surface area contributed by atoms with E-state index in [1.54, 1.807) is 11.8 Å². The zero-order chi connectivity index (χ0) is 7.56. The van der Waals surface area contributed by atoms with Crippen LogP contribution < -0.4 is 0 Å². The van der Waals surface area contributed by atoms with E-state index in [9.17, 15) is 0 Å². The van der Waals surface area contributed by atoms with Gasteiger partial charge in [0.2, 0.25) is 0 Å². The molecule has 0 saturated heterocycles. The van der Waals surface area contributed by atoms with E-state index in [1.807, 2.05) is 30.1 Å². The molecule has 0 bridgehead atoms. The van der Waals surface area contributed by atoms with Crippen LogP contribution in [0.25, 0.3) is 0 Å². The molecular weight excluding hydrogens is 164 g/mol. The zero-order valence-corrected chi connectivity index (χ0v) is 7.69. The van der Waals surface area contributed by atoms with Crippen LogP contribution in [0.4, 0.5) is 0 Å². The minimum Gasteiger partial charge on any atom is -0.259 e. The van der Waals surface area contributed by atoms with E-state index in [2.05, 4.69) is 17.7 Å². The highest BCUT2D eigenvalue weighted by atomic mass is 32.2. The van der Waals surface area contributed by atoms with Crippen LogP contribution in [0.1, 0.15) is 12.3 Å². The maximum Gasteiger partial charge on any atom is 0.118 e. The van der Waals surface area contributed by atoms with Gasteiger partial charge in [-0.2, -0.15) is 17.7 Å². The molecule has 1 heterocycles. The lowest BCUT2D eigenvalue weighted by Gasteiger charge is -2.01. The summed E-state index contributed by atoms with van der Waals surface area (Å²) in [5, 5.41) is 5.44. The molecule has 0 aliphatic heterocycles. The number of hydrogen-bond donors (Lipinski definition) is 1. The zero-order valence-electron chi connectivity index (χ0n) is 5.98. The standard InChI is InChI=1S/C6H10N2S2/c1-5(9)8-4-3-6(7-8)10-2/h3-5,9H,1-2H3. The number of aromatic nitrogens is 2. The van der Waals surface area contributed by atoms with Crippen LogP contribution in [0.5, 0.6) is 0 Å². The summed E-state index contributed by atoms with van der Waals surface area (Å²) >= 11 is 5.87. The Bertz CT molecular complexity index is 207. The van der Waals surface area contributed by atoms with Crippen molar-refractivity contribution in [2.75, 3.05) is 6.26 Å². The lowest BCUT2D eigenvalue weighted by atomic mass is 10.7. The second kappa shape index (κ2) is 3.34. The topological polar surface area (TPSA) is 17.8 Å². The summed E-state index contributed by atoms with van der Waals surface area (Å²) < 4.78 is 1.83. The summed E-state index contributed by atoms with van der Waals surface area (Å²) in [7, 11) is 0. The Hall–Kier alpha value is -0.0900. The summed E-state index contributed by atoms with van der Waals surface area (Å²) in [5.74, 6) is 0. The third-order valence-electron chi connectivity index (χ3n) is 1.18. The van der Waals surface area contributed by atoms with Crippen molar-refractivity contribution in [2.45, 2.75) is 17.3 Å². The smallest absolute Gasteiger partial charge is 0.118 e. The Kier molecular flexibility index (Phi) is 2.68. The van der Waals surface area contributed by atoms with Crippen molar-refractivity contribution in [3.05, 3.63) is 12.3 Å². The molecule has 56 valence electrons. The van der Waals surface area contributed by atoms with Crippen molar-refractivity contribution >= 4 is 24.4 Å². The summed E-state index contributed by atoms with van der Waals surface area (Å²) in [4.78, 5) is 0. The second-order valence-corrected chi connectivity index (χ2v) is 3.54. The fraction of sp³-hybridized carbons (Fsp3) is 0.500. The van der Waals surface area contributed by atoms with Crippen LogP contribution in [0.3, 0.4) is 0 Å². The monoisotopic (exact) mass is 174 g/mol. The highest BCUT2D eigenvalue weighted by Gasteiger charge is 1.99. The van der Waals surface area contributed by atoms with Crippen LogP contribution in [0.2, 0.25) is 0 Å². The predicted octanol–water partition coefficient (Wildman–Crippen LogP) is 2.05. The first-order chi connectivity index (χ1) is 4.74. The van der Waals surface area contributed by atoms with Gasteiger partial charge >= 0.3 is 0 Å². The normalized spacial score (nSPS) is 13.5. The highest BCUT2D eigenvalue weighted by Crippen LogP contribution is 2.14. The molecule has 0 aromatic carbocycles. The molecule has 0 saturated carbocycles. The average molecular weight is 174 g/mol. The largest absolute Gasteiger partial charge is 0.259 e. The fourth-order valence-corrected chi connectivity index (χ4v) is 1.14. The van der Waals surface area contributed by atoms with Crippen molar-refractivity contribution in [1.82, 2.24) is 9.78 Å². The molecule has 0 fully saturated rings. The van der Waals surface area contributed by atoms with Gasteiger partial charge in [0.15, 0.2) is 0 Å². The molecule has 0 radical (unpaired) electrons. The Labute approximate surface area is 70.4 Å². The van der Waals surface area contributed by atoms with Gasteiger partial charge in [-0.1, -0.05) is 0 Å². The fourth-order valence-electron chi connectivity index (χ4n) is 0.638. The lowest BCUT2D eigenvalue weighted by Crippen LogP contribution is -1.97. The van der Waals surface area contributed by atoms with Gasteiger partial charge in [0.1, 0.15) is 5.03 Å². The molecule has 0 amide bonds. The minimum atomic E-state index is 0.167. The molecule has 0 aliphatic carbocycles. The van der Waals surface area contributed by atoms with E-state index >= 15 is 0 Å².